The Labute approximate surface area is 313 Å². The van der Waals surface area contributed by atoms with Gasteiger partial charge in [-0.15, -0.1) is 6.42 Å². The molecule has 0 radical (unpaired) electrons. The molecule has 4 aromatic rings. The highest BCUT2D eigenvalue weighted by atomic mass is 19.1. The summed E-state index contributed by atoms with van der Waals surface area (Å²) in [7, 11) is 0. The summed E-state index contributed by atoms with van der Waals surface area (Å²) in [5.74, 6) is 1.19. The first-order valence-electron chi connectivity index (χ1n) is 19.4. The number of pyridine rings is 1. The highest BCUT2D eigenvalue weighted by Gasteiger charge is 2.52. The van der Waals surface area contributed by atoms with E-state index in [4.69, 9.17) is 30.6 Å². The second kappa shape index (κ2) is 13.6. The number of phenolic OH excluding ortho intramolecular Hbond substituents is 1. The Hall–Kier alpha value is -4.15. The quantitative estimate of drug-likeness (QED) is 0.217. The SMILES string of the molecule is C#Cc1c(F)ccc2cc(O)cc(-c3ncc4c(N5CCOC[C@@](C)(O)C5)nc(OC[C@]56CCC[C@H]5N(C5CCC7(CC5)COC7)CCC6)nc4c3F)c12. The van der Waals surface area contributed by atoms with Crippen molar-refractivity contribution in [1.29, 1.82) is 0 Å². The van der Waals surface area contributed by atoms with Gasteiger partial charge in [-0.05, 0) is 88.4 Å². The van der Waals surface area contributed by atoms with Gasteiger partial charge in [0.15, 0.2) is 5.82 Å². The molecule has 5 fully saturated rings. The van der Waals surface area contributed by atoms with E-state index in [9.17, 15) is 14.6 Å². The minimum atomic E-state index is -1.19. The summed E-state index contributed by atoms with van der Waals surface area (Å²) in [4.78, 5) is 18.8. The van der Waals surface area contributed by atoms with Crippen molar-refractivity contribution >= 4 is 27.5 Å². The third kappa shape index (κ3) is 6.13. The average molecular weight is 740 g/mol. The maximum Gasteiger partial charge on any atom is 0.319 e. The number of terminal acetylenes is 1. The molecular formula is C42H47F2N5O5. The van der Waals surface area contributed by atoms with Gasteiger partial charge in [-0.2, -0.15) is 9.97 Å². The fourth-order valence-electron chi connectivity index (χ4n) is 10.3. The van der Waals surface area contributed by atoms with Crippen LogP contribution in [0.2, 0.25) is 0 Å². The molecule has 3 saturated heterocycles. The molecule has 0 unspecified atom stereocenters. The van der Waals surface area contributed by atoms with E-state index >= 15 is 4.39 Å². The van der Waals surface area contributed by atoms with E-state index in [0.29, 0.717) is 53.8 Å². The van der Waals surface area contributed by atoms with E-state index in [-0.39, 0.29) is 58.1 Å². The fraction of sp³-hybridized carbons (Fsp3) is 0.548. The molecule has 54 heavy (non-hydrogen) atoms. The highest BCUT2D eigenvalue weighted by molar-refractivity contribution is 6.03. The van der Waals surface area contributed by atoms with Crippen LogP contribution in [0.15, 0.2) is 30.5 Å². The van der Waals surface area contributed by atoms with Crippen molar-refractivity contribution in [2.24, 2.45) is 10.8 Å². The zero-order chi connectivity index (χ0) is 37.2. The van der Waals surface area contributed by atoms with Gasteiger partial charge in [-0.3, -0.25) is 9.88 Å². The molecule has 2 saturated carbocycles. The van der Waals surface area contributed by atoms with Crippen molar-refractivity contribution in [2.75, 3.05) is 57.6 Å². The molecule has 9 rings (SSSR count). The largest absolute Gasteiger partial charge is 0.508 e. The number of β-amino-alcohol motifs (C(OH)–C–C–N with tert-alkyl or cyclic N) is 1. The number of likely N-dealkylation sites (tertiary alicyclic amines) is 1. The molecule has 5 aliphatic rings. The van der Waals surface area contributed by atoms with Crippen LogP contribution >= 0.6 is 0 Å². The number of ether oxygens (including phenoxy) is 3. The Morgan fingerprint density at radius 2 is 1.83 bits per heavy atom. The molecule has 3 aliphatic heterocycles. The molecule has 10 nitrogen and oxygen atoms in total. The van der Waals surface area contributed by atoms with Gasteiger partial charge in [0.2, 0.25) is 0 Å². The first-order valence-corrected chi connectivity index (χ1v) is 19.4. The number of piperidine rings is 1. The summed E-state index contributed by atoms with van der Waals surface area (Å²) in [6.07, 6.45) is 17.5. The summed E-state index contributed by atoms with van der Waals surface area (Å²) in [6, 6.07) is 6.51. The first-order chi connectivity index (χ1) is 26.1. The van der Waals surface area contributed by atoms with Gasteiger partial charge in [0.05, 0.1) is 50.5 Å². The maximum absolute atomic E-state index is 17.1. The molecule has 1 spiro atoms. The van der Waals surface area contributed by atoms with Gasteiger partial charge in [-0.25, -0.2) is 8.78 Å². The molecule has 2 N–H and O–H groups in total. The predicted octanol–water partition coefficient (Wildman–Crippen LogP) is 6.37. The lowest BCUT2D eigenvalue weighted by Crippen LogP contribution is -2.57. The van der Waals surface area contributed by atoms with E-state index < -0.39 is 17.2 Å². The van der Waals surface area contributed by atoms with Gasteiger partial charge in [0.25, 0.3) is 0 Å². The maximum atomic E-state index is 17.1. The number of anilines is 1. The van der Waals surface area contributed by atoms with Crippen LogP contribution in [0, 0.1) is 34.8 Å². The van der Waals surface area contributed by atoms with Crippen LogP contribution in [0.25, 0.3) is 32.9 Å². The van der Waals surface area contributed by atoms with Crippen LogP contribution in [0.4, 0.5) is 14.6 Å². The van der Waals surface area contributed by atoms with E-state index in [0.717, 1.165) is 51.9 Å². The van der Waals surface area contributed by atoms with E-state index in [1.54, 1.807) is 6.92 Å². The van der Waals surface area contributed by atoms with Crippen LogP contribution in [0.3, 0.4) is 0 Å². The molecule has 12 heteroatoms. The third-order valence-electron chi connectivity index (χ3n) is 13.0. The van der Waals surface area contributed by atoms with E-state index in [1.807, 2.05) is 4.90 Å². The Bertz CT molecular complexity index is 2140. The van der Waals surface area contributed by atoms with Crippen LogP contribution in [-0.2, 0) is 9.47 Å². The van der Waals surface area contributed by atoms with Crippen LogP contribution in [-0.4, -0.2) is 100 Å². The first kappa shape index (κ1) is 35.5. The van der Waals surface area contributed by atoms with E-state index in [1.165, 1.54) is 56.1 Å². The zero-order valence-electron chi connectivity index (χ0n) is 30.8. The number of aromatic hydroxyl groups is 1. The number of aliphatic hydroxyl groups is 1. The standard InChI is InChI=1S/C42H47F2N5O5/c1-3-29-32(43)8-7-26-18-28(50)19-30(34(26)29)36-35(44)37-31(20-45-36)38(48-16-17-52-22-40(2,51)21-48)47-39(46-37)54-25-42-11-4-6-33(42)49(15-5-12-42)27-9-13-41(14-10-27)23-53-24-41/h1,7-8,18-20,27,33,50-51H,4-6,9-17,21-25H2,2H3/t33-,40+,42-/m1/s1. The summed E-state index contributed by atoms with van der Waals surface area (Å²) in [6.45, 7) is 6.06. The Morgan fingerprint density at radius 3 is 2.61 bits per heavy atom. The number of hydrogen-bond acceptors (Lipinski definition) is 10. The van der Waals surface area contributed by atoms with Gasteiger partial charge in [-0.1, -0.05) is 18.4 Å². The normalized spacial score (nSPS) is 27.5. The van der Waals surface area contributed by atoms with Gasteiger partial charge in [0, 0.05) is 46.6 Å². The molecular weight excluding hydrogens is 692 g/mol. The number of aromatic nitrogens is 3. The Morgan fingerprint density at radius 1 is 1.02 bits per heavy atom. The number of nitrogens with zero attached hydrogens (tertiary/aromatic N) is 5. The summed E-state index contributed by atoms with van der Waals surface area (Å²) in [5, 5.41) is 22.8. The van der Waals surface area contributed by atoms with Crippen molar-refractivity contribution in [3.05, 3.63) is 47.7 Å². The van der Waals surface area contributed by atoms with Crippen molar-refractivity contribution in [3.8, 4) is 35.4 Å². The molecule has 2 aromatic carbocycles. The summed E-state index contributed by atoms with van der Waals surface area (Å²) < 4.78 is 50.0. The lowest BCUT2D eigenvalue weighted by Gasteiger charge is -2.53. The molecule has 2 aliphatic carbocycles. The zero-order valence-corrected chi connectivity index (χ0v) is 30.8. The minimum Gasteiger partial charge on any atom is -0.508 e. The lowest BCUT2D eigenvalue weighted by atomic mass is 9.69. The van der Waals surface area contributed by atoms with Crippen molar-refractivity contribution in [2.45, 2.75) is 82.4 Å². The highest BCUT2D eigenvalue weighted by Crippen LogP contribution is 2.51. The molecule has 5 heterocycles. The second-order valence-corrected chi connectivity index (χ2v) is 16.8. The van der Waals surface area contributed by atoms with Crippen LogP contribution in [0.5, 0.6) is 11.8 Å². The Kier molecular flexibility index (Phi) is 8.92. The van der Waals surface area contributed by atoms with E-state index in [2.05, 4.69) is 15.8 Å². The smallest absolute Gasteiger partial charge is 0.319 e. The molecule has 284 valence electrons. The van der Waals surface area contributed by atoms with Crippen LogP contribution in [0.1, 0.15) is 70.3 Å². The fourth-order valence-corrected chi connectivity index (χ4v) is 10.3. The molecule has 3 atom stereocenters. The average Bonchev–Trinajstić information content (AvgIpc) is 3.50. The molecule has 0 amide bonds. The number of benzene rings is 2. The number of hydrogen-bond donors (Lipinski definition) is 2. The van der Waals surface area contributed by atoms with Gasteiger partial charge in [0.1, 0.15) is 34.2 Å². The van der Waals surface area contributed by atoms with Gasteiger partial charge < -0.3 is 29.3 Å². The lowest BCUT2D eigenvalue weighted by molar-refractivity contribution is -0.143. The third-order valence-corrected chi connectivity index (χ3v) is 13.0. The number of phenols is 1. The van der Waals surface area contributed by atoms with Crippen LogP contribution < -0.4 is 9.64 Å². The monoisotopic (exact) mass is 739 g/mol. The minimum absolute atomic E-state index is 0.0382. The molecule has 0 bridgehead atoms. The number of rotatable bonds is 6. The topological polar surface area (TPSA) is 113 Å². The van der Waals surface area contributed by atoms with Crippen molar-refractivity contribution in [1.82, 2.24) is 19.9 Å². The summed E-state index contributed by atoms with van der Waals surface area (Å²) in [5.41, 5.74) is -0.960. The molecule has 2 aromatic heterocycles. The van der Waals surface area contributed by atoms with Crippen molar-refractivity contribution < 1.29 is 33.2 Å². The summed E-state index contributed by atoms with van der Waals surface area (Å²) >= 11 is 0. The number of fused-ring (bicyclic) bond motifs is 3. The number of halogens is 2. The van der Waals surface area contributed by atoms with Gasteiger partial charge >= 0.3 is 6.01 Å². The Balaban J connectivity index is 1.10. The second-order valence-electron chi connectivity index (χ2n) is 16.8. The predicted molar refractivity (Wildman–Crippen MR) is 200 cm³/mol. The van der Waals surface area contributed by atoms with Crippen molar-refractivity contribution in [3.63, 3.8) is 0 Å².